The first-order chi connectivity index (χ1) is 9.11. The second-order valence-corrected chi connectivity index (χ2v) is 5.02. The van der Waals surface area contributed by atoms with Gasteiger partial charge in [0.1, 0.15) is 0 Å². The van der Waals surface area contributed by atoms with Crippen molar-refractivity contribution < 1.29 is 8.78 Å². The third-order valence-electron chi connectivity index (χ3n) is 3.32. The van der Waals surface area contributed by atoms with E-state index in [1.54, 1.807) is 6.07 Å². The number of hydrogen-bond donors (Lipinski definition) is 0. The molecule has 0 aliphatic rings. The van der Waals surface area contributed by atoms with Gasteiger partial charge in [-0.1, -0.05) is 62.2 Å². The SMILES string of the molecule is [CH2]CCCCC(F)(F)Cc1ccc2ccccc2c1. The summed E-state index contributed by atoms with van der Waals surface area (Å²) < 4.78 is 27.6. The molecule has 2 rings (SSSR count). The third kappa shape index (κ3) is 4.02. The topological polar surface area (TPSA) is 0 Å². The van der Waals surface area contributed by atoms with Crippen LogP contribution in [-0.4, -0.2) is 5.92 Å². The molecule has 0 saturated carbocycles. The fourth-order valence-corrected chi connectivity index (χ4v) is 2.30. The van der Waals surface area contributed by atoms with Crippen molar-refractivity contribution in [3.8, 4) is 0 Å². The van der Waals surface area contributed by atoms with E-state index < -0.39 is 5.92 Å². The lowest BCUT2D eigenvalue weighted by molar-refractivity contribution is -0.00928. The average molecular weight is 261 g/mol. The molecule has 0 heterocycles. The van der Waals surface area contributed by atoms with Gasteiger partial charge < -0.3 is 0 Å². The molecule has 2 aromatic rings. The van der Waals surface area contributed by atoms with Crippen molar-refractivity contribution in [2.75, 3.05) is 0 Å². The highest BCUT2D eigenvalue weighted by molar-refractivity contribution is 5.82. The van der Waals surface area contributed by atoms with Gasteiger partial charge in [-0.15, -0.1) is 0 Å². The lowest BCUT2D eigenvalue weighted by atomic mass is 9.99. The molecule has 0 aromatic heterocycles. The molecule has 0 aliphatic heterocycles. The van der Waals surface area contributed by atoms with Crippen molar-refractivity contribution in [1.29, 1.82) is 0 Å². The maximum absolute atomic E-state index is 13.8. The van der Waals surface area contributed by atoms with E-state index in [4.69, 9.17) is 0 Å². The van der Waals surface area contributed by atoms with E-state index in [1.807, 2.05) is 36.4 Å². The van der Waals surface area contributed by atoms with Crippen LogP contribution in [0.5, 0.6) is 0 Å². The summed E-state index contributed by atoms with van der Waals surface area (Å²) in [4.78, 5) is 0. The minimum Gasteiger partial charge on any atom is -0.207 e. The van der Waals surface area contributed by atoms with E-state index in [9.17, 15) is 8.78 Å². The molecule has 0 N–H and O–H groups in total. The van der Waals surface area contributed by atoms with Crippen LogP contribution >= 0.6 is 0 Å². The molecule has 0 unspecified atom stereocenters. The first-order valence-corrected chi connectivity index (χ1v) is 6.75. The van der Waals surface area contributed by atoms with Gasteiger partial charge in [-0.05, 0) is 22.8 Å². The van der Waals surface area contributed by atoms with E-state index >= 15 is 0 Å². The second-order valence-electron chi connectivity index (χ2n) is 5.02. The van der Waals surface area contributed by atoms with Gasteiger partial charge in [-0.3, -0.25) is 0 Å². The van der Waals surface area contributed by atoms with E-state index in [-0.39, 0.29) is 12.8 Å². The molecule has 1 radical (unpaired) electrons. The number of benzene rings is 2. The van der Waals surface area contributed by atoms with Crippen LogP contribution in [0, 0.1) is 6.92 Å². The van der Waals surface area contributed by atoms with Crippen LogP contribution in [-0.2, 0) is 6.42 Å². The summed E-state index contributed by atoms with van der Waals surface area (Å²) in [6, 6.07) is 13.4. The van der Waals surface area contributed by atoms with Crippen molar-refractivity contribution in [3.63, 3.8) is 0 Å². The van der Waals surface area contributed by atoms with Crippen molar-refractivity contribution in [2.24, 2.45) is 0 Å². The summed E-state index contributed by atoms with van der Waals surface area (Å²) in [5, 5.41) is 2.11. The molecule has 0 aliphatic carbocycles. The fourth-order valence-electron chi connectivity index (χ4n) is 2.30. The Labute approximate surface area is 113 Å². The third-order valence-corrected chi connectivity index (χ3v) is 3.32. The predicted molar refractivity (Wildman–Crippen MR) is 76.4 cm³/mol. The molecule has 0 nitrogen and oxygen atoms in total. The zero-order valence-electron chi connectivity index (χ0n) is 11.0. The molecule has 2 aromatic carbocycles. The summed E-state index contributed by atoms with van der Waals surface area (Å²) in [6.07, 6.45) is 1.83. The molecule has 19 heavy (non-hydrogen) atoms. The molecule has 101 valence electrons. The first-order valence-electron chi connectivity index (χ1n) is 6.75. The Hall–Kier alpha value is -1.44. The highest BCUT2D eigenvalue weighted by Gasteiger charge is 2.28. The maximum Gasteiger partial charge on any atom is 0.252 e. The number of fused-ring (bicyclic) bond motifs is 1. The lowest BCUT2D eigenvalue weighted by Crippen LogP contribution is -2.19. The monoisotopic (exact) mass is 261 g/mol. The molecule has 2 heteroatoms. The maximum atomic E-state index is 13.8. The highest BCUT2D eigenvalue weighted by atomic mass is 19.3. The second kappa shape index (κ2) is 6.14. The quantitative estimate of drug-likeness (QED) is 0.610. The van der Waals surface area contributed by atoms with Crippen LogP contribution in [0.25, 0.3) is 10.8 Å². The molecule has 0 bridgehead atoms. The molecule has 0 spiro atoms. The minimum atomic E-state index is -2.61. The summed E-state index contributed by atoms with van der Waals surface area (Å²) in [6.45, 7) is 3.68. The number of alkyl halides is 2. The normalized spacial score (nSPS) is 11.9. The largest absolute Gasteiger partial charge is 0.252 e. The fraction of sp³-hybridized carbons (Fsp3) is 0.353. The summed E-state index contributed by atoms with van der Waals surface area (Å²) in [5.74, 6) is -2.61. The Morgan fingerprint density at radius 1 is 0.947 bits per heavy atom. The van der Waals surface area contributed by atoms with E-state index in [0.717, 1.165) is 23.6 Å². The highest BCUT2D eigenvalue weighted by Crippen LogP contribution is 2.27. The summed E-state index contributed by atoms with van der Waals surface area (Å²) in [7, 11) is 0. The van der Waals surface area contributed by atoms with Gasteiger partial charge in [-0.2, -0.15) is 0 Å². The Morgan fingerprint density at radius 3 is 2.42 bits per heavy atom. The molecule has 0 saturated heterocycles. The Bertz CT molecular complexity index is 532. The van der Waals surface area contributed by atoms with Gasteiger partial charge in [0.15, 0.2) is 0 Å². The number of halogens is 2. The molecule has 0 fully saturated rings. The zero-order valence-corrected chi connectivity index (χ0v) is 11.0. The van der Waals surface area contributed by atoms with Crippen LogP contribution in [0.15, 0.2) is 42.5 Å². The molecular formula is C17H19F2. The minimum absolute atomic E-state index is 0.0463. The summed E-state index contributed by atoms with van der Waals surface area (Å²) >= 11 is 0. The van der Waals surface area contributed by atoms with Crippen LogP contribution in [0.3, 0.4) is 0 Å². The van der Waals surface area contributed by atoms with E-state index in [2.05, 4.69) is 6.92 Å². The number of rotatable bonds is 6. The van der Waals surface area contributed by atoms with Crippen LogP contribution < -0.4 is 0 Å². The lowest BCUT2D eigenvalue weighted by Gasteiger charge is -2.16. The number of unbranched alkanes of at least 4 members (excludes halogenated alkanes) is 2. The number of hydrogen-bond acceptors (Lipinski definition) is 0. The zero-order chi connectivity index (χ0) is 13.7. The van der Waals surface area contributed by atoms with Gasteiger partial charge in [-0.25, -0.2) is 8.78 Å². The van der Waals surface area contributed by atoms with Crippen molar-refractivity contribution >= 4 is 10.8 Å². The smallest absolute Gasteiger partial charge is 0.207 e. The van der Waals surface area contributed by atoms with Gasteiger partial charge in [0.05, 0.1) is 0 Å². The van der Waals surface area contributed by atoms with Crippen LogP contribution in [0.4, 0.5) is 8.78 Å². The van der Waals surface area contributed by atoms with E-state index in [0.29, 0.717) is 12.0 Å². The molecular weight excluding hydrogens is 242 g/mol. The predicted octanol–water partition coefficient (Wildman–Crippen LogP) is 5.41. The Kier molecular flexibility index (Phi) is 4.52. The van der Waals surface area contributed by atoms with Crippen LogP contribution in [0.2, 0.25) is 0 Å². The average Bonchev–Trinajstić information content (AvgIpc) is 2.38. The molecule has 0 amide bonds. The van der Waals surface area contributed by atoms with E-state index in [1.165, 1.54) is 0 Å². The van der Waals surface area contributed by atoms with Crippen molar-refractivity contribution in [3.05, 3.63) is 55.0 Å². The van der Waals surface area contributed by atoms with Gasteiger partial charge in [0.2, 0.25) is 0 Å². The van der Waals surface area contributed by atoms with Gasteiger partial charge in [0.25, 0.3) is 5.92 Å². The van der Waals surface area contributed by atoms with Gasteiger partial charge >= 0.3 is 0 Å². The summed E-state index contributed by atoms with van der Waals surface area (Å²) in [5.41, 5.74) is 0.707. The van der Waals surface area contributed by atoms with Crippen LogP contribution in [0.1, 0.15) is 31.2 Å². The Morgan fingerprint density at radius 2 is 1.68 bits per heavy atom. The van der Waals surface area contributed by atoms with Crippen molar-refractivity contribution in [1.82, 2.24) is 0 Å². The molecule has 0 atom stereocenters. The van der Waals surface area contributed by atoms with Gasteiger partial charge in [0, 0.05) is 12.8 Å². The Balaban J connectivity index is 2.07. The van der Waals surface area contributed by atoms with Crippen molar-refractivity contribution in [2.45, 2.75) is 38.0 Å². The standard InChI is InChI=1S/C17H19F2/c1-2-3-6-11-17(18,19)13-14-9-10-15-7-4-5-8-16(15)12-14/h4-5,7-10,12H,1-3,6,11,13H2. The first kappa shape index (κ1) is 14.0.